The summed E-state index contributed by atoms with van der Waals surface area (Å²) < 4.78 is 24.7. The molecule has 0 saturated carbocycles. The number of piperidine rings is 2. The number of Topliss-reactive ketones (excluding diaryl/α,β-unsaturated/α-hetero) is 2. The summed E-state index contributed by atoms with van der Waals surface area (Å²) >= 11 is 0. The molecule has 4 fully saturated rings. The number of carbonyl (C=O) groups is 6. The Hall–Kier alpha value is -4.78. The highest BCUT2D eigenvalue weighted by Gasteiger charge is 2.55. The van der Waals surface area contributed by atoms with Crippen molar-refractivity contribution in [3.63, 3.8) is 0 Å². The number of allylic oxidation sites excluding steroid dienone is 4. The molecule has 4 saturated heterocycles. The molecule has 658 valence electrons. The smallest absolute Gasteiger partial charge is 0.329 e. The molecule has 0 aromatic carbocycles. The second kappa shape index (κ2) is 46.9. The zero-order chi connectivity index (χ0) is 86.4. The second-order valence-corrected chi connectivity index (χ2v) is 37.5. The first kappa shape index (κ1) is 101. The van der Waals surface area contributed by atoms with Crippen LogP contribution in [0.15, 0.2) is 69.9 Å². The van der Waals surface area contributed by atoms with Crippen LogP contribution in [0, 0.1) is 82.9 Å². The zero-order valence-corrected chi connectivity index (χ0v) is 74.7. The number of ether oxygens (including phenoxy) is 4. The zero-order valence-electron chi connectivity index (χ0n) is 74.7. The van der Waals surface area contributed by atoms with Gasteiger partial charge in [-0.05, 0) is 250 Å². The standard InChI is InChI=1S/C50H85NO7.C44H73NO12/c1-15-42-20-22-45(38(11)28-33(6)30(2)3)57-49(55)44-18-16-17-23-51(44)48(54)47(53)50(56)40(13)19-21-43(58-50)29-37(10)41(14)36(9)26-31(4)24-34(7)35(8)25-32(5)27-39(12)46(42)52;1-9-32-15-18-40(28(5)21-26(3)31(8)46)56-43(54)35-12-10-11-19-45(35)42(53)41(52)44(55)29(6)14-16-34(57-44)24-39(51)30(7)38(50)23-33(47)22-37(49)27(4)20-25(2)13-17-36(32)48/h20,25,28,30-34,36-37,39-41,43-46,52,56H,15-19,21-24,26-27,29H2,1-14H3;15,20-21,25-26,29-31,33-40,46-51,55H,9-14,16-19,22-24H2,1-8H3/b35-25+,38-28+,42-20+;27-20+,28-21+,32-15+. The van der Waals surface area contributed by atoms with E-state index >= 15 is 0 Å². The number of ketones is 2. The lowest BCUT2D eigenvalue weighted by atomic mass is 9.75. The Balaban J connectivity index is 0.000000411. The molecule has 6 aliphatic heterocycles. The van der Waals surface area contributed by atoms with Crippen molar-refractivity contribution in [2.45, 2.75) is 391 Å². The van der Waals surface area contributed by atoms with Crippen molar-refractivity contribution in [1.29, 1.82) is 0 Å². The largest absolute Gasteiger partial charge is 0.456 e. The lowest BCUT2D eigenvalue weighted by Gasteiger charge is -2.43. The second-order valence-electron chi connectivity index (χ2n) is 37.5. The highest BCUT2D eigenvalue weighted by Crippen LogP contribution is 2.42. The molecule has 115 heavy (non-hydrogen) atoms. The van der Waals surface area contributed by atoms with Gasteiger partial charge in [0.2, 0.25) is 11.6 Å². The molecule has 0 radical (unpaired) electrons. The molecule has 0 spiro atoms. The third-order valence-electron chi connectivity index (χ3n) is 27.5. The van der Waals surface area contributed by atoms with E-state index in [1.165, 1.54) is 10.5 Å². The van der Waals surface area contributed by atoms with Crippen molar-refractivity contribution in [1.82, 2.24) is 9.80 Å². The average molecular weight is 1620 g/mol. The SMILES string of the molecule is CC/C1=C\CC(/C(C)=C/C(C)C(C)C)OC(=O)C2CCCCN2C(=O)C(=O)C2(O)OC(CCC2C)CC(C)C(C)C(C)CC(C)CC(C)/C(C)=C/C(C)CC(C)C1O.CC/C1=C\CC(/C(C)=C/C(C)C(C)O)OC(=O)C2CCCCN2C(=O)C(=O)C2(O)OC(CCC2C)CC(O)C(C)C(O)CC(O)CC(O)/C(C)=C/C(C)CCC1O. The van der Waals surface area contributed by atoms with Crippen LogP contribution in [0.25, 0.3) is 0 Å². The van der Waals surface area contributed by atoms with Gasteiger partial charge in [0.25, 0.3) is 23.4 Å². The van der Waals surface area contributed by atoms with Crippen LogP contribution in [0.2, 0.25) is 0 Å². The van der Waals surface area contributed by atoms with E-state index in [2.05, 4.69) is 95.2 Å². The Morgan fingerprint density at radius 2 is 0.965 bits per heavy atom. The number of amides is 2. The van der Waals surface area contributed by atoms with E-state index in [9.17, 15) is 74.7 Å². The maximum atomic E-state index is 14.2. The van der Waals surface area contributed by atoms with Crippen molar-refractivity contribution in [2.24, 2.45) is 82.9 Å². The van der Waals surface area contributed by atoms with Gasteiger partial charge >= 0.3 is 11.9 Å². The minimum atomic E-state index is -2.52. The van der Waals surface area contributed by atoms with Gasteiger partial charge in [0.1, 0.15) is 24.3 Å². The monoisotopic (exact) mass is 1620 g/mol. The average Bonchev–Trinajstić information content (AvgIpc) is 0.783. The van der Waals surface area contributed by atoms with Gasteiger partial charge in [-0.2, -0.15) is 0 Å². The Labute approximate surface area is 692 Å². The van der Waals surface area contributed by atoms with Crippen LogP contribution in [-0.2, 0) is 47.7 Å². The first-order valence-electron chi connectivity index (χ1n) is 44.6. The van der Waals surface area contributed by atoms with E-state index in [0.29, 0.717) is 143 Å². The maximum absolute atomic E-state index is 14.2. The number of aliphatic hydroxyl groups excluding tert-OH is 7. The Morgan fingerprint density at radius 1 is 0.504 bits per heavy atom. The summed E-state index contributed by atoms with van der Waals surface area (Å²) in [6.45, 7) is 45.0. The van der Waals surface area contributed by atoms with E-state index in [4.69, 9.17) is 18.9 Å². The molecule has 0 aliphatic carbocycles. The molecule has 6 aliphatic rings. The summed E-state index contributed by atoms with van der Waals surface area (Å²) in [6, 6.07) is -2.05. The molecule has 6 rings (SSSR count). The molecule has 21 nitrogen and oxygen atoms in total. The summed E-state index contributed by atoms with van der Waals surface area (Å²) in [5, 5.41) is 101. The first-order valence-corrected chi connectivity index (χ1v) is 44.6. The molecule has 2 amide bonds. The van der Waals surface area contributed by atoms with Crippen LogP contribution in [-0.4, -0.2) is 195 Å². The van der Waals surface area contributed by atoms with E-state index < -0.39 is 138 Å². The van der Waals surface area contributed by atoms with Gasteiger partial charge in [-0.15, -0.1) is 0 Å². The third kappa shape index (κ3) is 29.0. The van der Waals surface area contributed by atoms with E-state index in [1.807, 2.05) is 52.0 Å². The number of esters is 2. The number of hydrogen-bond acceptors (Lipinski definition) is 19. The number of cyclic esters (lactones) is 2. The molecule has 4 bridgehead atoms. The highest BCUT2D eigenvalue weighted by atomic mass is 16.6. The highest BCUT2D eigenvalue weighted by molar-refractivity contribution is 6.39. The summed E-state index contributed by atoms with van der Waals surface area (Å²) in [7, 11) is 0. The van der Waals surface area contributed by atoms with Crippen LogP contribution < -0.4 is 0 Å². The minimum Gasteiger partial charge on any atom is -0.456 e. The third-order valence-corrected chi connectivity index (χ3v) is 27.5. The molecule has 28 unspecified atom stereocenters. The van der Waals surface area contributed by atoms with Gasteiger partial charge in [0.05, 0.1) is 54.9 Å². The van der Waals surface area contributed by atoms with Crippen molar-refractivity contribution in [2.75, 3.05) is 13.1 Å². The van der Waals surface area contributed by atoms with Crippen LogP contribution in [0.1, 0.15) is 300 Å². The summed E-state index contributed by atoms with van der Waals surface area (Å²) in [6.07, 6.45) is 14.7. The molecular weight excluding hydrogens is 1460 g/mol. The van der Waals surface area contributed by atoms with Gasteiger partial charge in [0, 0.05) is 56.0 Å². The van der Waals surface area contributed by atoms with Crippen molar-refractivity contribution in [3.05, 3.63) is 69.9 Å². The number of hydrogen-bond donors (Lipinski definition) is 9. The molecular formula is C94H158N2O19. The lowest BCUT2D eigenvalue weighted by Crippen LogP contribution is -2.61. The predicted octanol–water partition coefficient (Wildman–Crippen LogP) is 14.7. The van der Waals surface area contributed by atoms with Gasteiger partial charge in [-0.25, -0.2) is 9.59 Å². The van der Waals surface area contributed by atoms with Crippen LogP contribution >= 0.6 is 0 Å². The van der Waals surface area contributed by atoms with Crippen LogP contribution in [0.5, 0.6) is 0 Å². The van der Waals surface area contributed by atoms with Crippen molar-refractivity contribution in [3.8, 4) is 0 Å². The lowest BCUT2D eigenvalue weighted by molar-refractivity contribution is -0.267. The van der Waals surface area contributed by atoms with E-state index in [-0.39, 0.29) is 80.9 Å². The number of aliphatic hydroxyl groups is 9. The minimum absolute atomic E-state index is 0.00975. The van der Waals surface area contributed by atoms with Gasteiger partial charge in [0.15, 0.2) is 0 Å². The molecule has 6 heterocycles. The van der Waals surface area contributed by atoms with E-state index in [0.717, 1.165) is 40.9 Å². The summed E-state index contributed by atoms with van der Waals surface area (Å²) in [5.41, 5.74) is 5.34. The fraction of sp³-hybridized carbons (Fsp3) is 0.809. The molecule has 0 aromatic rings. The fourth-order valence-corrected chi connectivity index (χ4v) is 18.1. The predicted molar refractivity (Wildman–Crippen MR) is 451 cm³/mol. The Bertz CT molecular complexity index is 3300. The van der Waals surface area contributed by atoms with Crippen LogP contribution in [0.4, 0.5) is 0 Å². The van der Waals surface area contributed by atoms with Crippen molar-refractivity contribution >= 4 is 35.3 Å². The molecule has 9 N–H and O–H groups in total. The van der Waals surface area contributed by atoms with Crippen molar-refractivity contribution < 1.29 is 93.7 Å². The molecule has 0 aromatic heterocycles. The number of nitrogens with zero attached hydrogens (tertiary/aromatic N) is 2. The molecule has 21 heteroatoms. The normalized spacial score (nSPS) is 40.2. The van der Waals surface area contributed by atoms with E-state index in [1.54, 1.807) is 41.5 Å². The summed E-state index contributed by atoms with van der Waals surface area (Å²) in [5.74, 6) is -9.39. The number of fused-ring (bicyclic) bond motifs is 6. The van der Waals surface area contributed by atoms with Gasteiger partial charge in [-0.3, -0.25) is 19.2 Å². The Morgan fingerprint density at radius 3 is 1.45 bits per heavy atom. The van der Waals surface area contributed by atoms with Gasteiger partial charge < -0.3 is 74.7 Å². The maximum Gasteiger partial charge on any atom is 0.329 e. The summed E-state index contributed by atoms with van der Waals surface area (Å²) in [4.78, 5) is 87.0. The number of carbonyl (C=O) groups excluding carboxylic acids is 6. The quantitative estimate of drug-likeness (QED) is 0.0619. The molecule has 28 atom stereocenters. The number of rotatable bonds is 8. The van der Waals surface area contributed by atoms with Gasteiger partial charge in [-0.1, -0.05) is 160 Å². The topological polar surface area (TPSA) is 328 Å². The Kier molecular flexibility index (Phi) is 41.1. The van der Waals surface area contributed by atoms with Crippen LogP contribution in [0.3, 0.4) is 0 Å². The first-order chi connectivity index (χ1) is 53.8. The fourth-order valence-electron chi connectivity index (χ4n) is 18.1.